The summed E-state index contributed by atoms with van der Waals surface area (Å²) >= 11 is 0. The molecule has 0 aliphatic rings. The van der Waals surface area contributed by atoms with E-state index in [2.05, 4.69) is 22.6 Å². The number of halogens is 6. The fourth-order valence-electron chi connectivity index (χ4n) is 1.45. The van der Waals surface area contributed by atoms with E-state index in [9.17, 15) is 48.0 Å². The Balaban J connectivity index is 0.000000561. The number of hydrogen-bond acceptors (Lipinski definition) is 6. The minimum atomic E-state index is -6.72. The first-order valence-corrected chi connectivity index (χ1v) is 10.6. The highest BCUT2D eigenvalue weighted by atomic mass is 32.3. The van der Waals surface area contributed by atoms with Gasteiger partial charge < -0.3 is 8.86 Å². The van der Waals surface area contributed by atoms with Crippen molar-refractivity contribution >= 4 is 26.0 Å². The van der Waals surface area contributed by atoms with Crippen molar-refractivity contribution < 1.29 is 57.3 Å². The van der Waals surface area contributed by atoms with E-state index in [1.807, 2.05) is 18.7 Å². The van der Waals surface area contributed by atoms with Crippen molar-refractivity contribution in [1.82, 2.24) is 4.57 Å². The summed E-state index contributed by atoms with van der Waals surface area (Å²) in [5.41, 5.74) is -12.4. The summed E-state index contributed by atoms with van der Waals surface area (Å²) in [4.78, 5) is 10.7. The predicted molar refractivity (Wildman–Crippen MR) is 89.4 cm³/mol. The number of imidazole rings is 1. The van der Waals surface area contributed by atoms with Gasteiger partial charge in [-0.3, -0.25) is 0 Å². The second kappa shape index (κ2) is 10.8. The first-order valence-electron chi connectivity index (χ1n) is 7.67. The molecule has 1 rings (SSSR count). The number of rotatable bonds is 8. The molecular weight excluding hydrogens is 472 g/mol. The zero-order valence-electron chi connectivity index (χ0n) is 15.2. The molecule has 1 aromatic heterocycles. The van der Waals surface area contributed by atoms with Gasteiger partial charge in [0.05, 0.1) is 19.7 Å². The van der Waals surface area contributed by atoms with Crippen LogP contribution < -0.4 is 4.57 Å². The minimum Gasteiger partial charge on any atom is -0.462 e. The summed E-state index contributed by atoms with van der Waals surface area (Å²) in [5, 5.41) is 0. The van der Waals surface area contributed by atoms with Crippen LogP contribution in [-0.2, 0) is 42.7 Å². The average Bonchev–Trinajstić information content (AvgIpc) is 3.04. The second-order valence-electron chi connectivity index (χ2n) is 5.12. The quantitative estimate of drug-likeness (QED) is 0.181. The molecule has 1 aromatic rings. The fraction of sp³-hybridized carbons (Fsp3) is 0.538. The molecular formula is C13H17F6N3O6S2. The highest BCUT2D eigenvalue weighted by molar-refractivity contribution is 8.13. The Morgan fingerprint density at radius 1 is 1.13 bits per heavy atom. The van der Waals surface area contributed by atoms with Crippen molar-refractivity contribution in [2.24, 2.45) is 0 Å². The maximum Gasteiger partial charge on any atom is 0.480 e. The third-order valence-electron chi connectivity index (χ3n) is 2.86. The molecule has 0 radical (unpaired) electrons. The number of hydrogen-bond donors (Lipinski definition) is 0. The maximum absolute atomic E-state index is 11.4. The SMILES string of the molecule is C=CC(=O)OCCC[n+]1ccn(CC)c1.O=S(=O)([N-]S(=O)(=O)C(F)(F)F)C(F)(F)F. The van der Waals surface area contributed by atoms with Crippen LogP contribution in [0, 0.1) is 0 Å². The van der Waals surface area contributed by atoms with Crippen molar-refractivity contribution in [3.05, 3.63) is 35.5 Å². The van der Waals surface area contributed by atoms with E-state index in [-0.39, 0.29) is 5.97 Å². The lowest BCUT2D eigenvalue weighted by atomic mass is 10.4. The number of esters is 1. The van der Waals surface area contributed by atoms with E-state index in [0.717, 1.165) is 23.6 Å². The van der Waals surface area contributed by atoms with E-state index in [4.69, 9.17) is 4.74 Å². The molecule has 0 fully saturated rings. The van der Waals surface area contributed by atoms with Gasteiger partial charge in [0.1, 0.15) is 12.4 Å². The molecule has 0 atom stereocenters. The molecule has 0 unspecified atom stereocenters. The Morgan fingerprint density at radius 2 is 1.63 bits per heavy atom. The van der Waals surface area contributed by atoms with Gasteiger partial charge in [-0.25, -0.2) is 30.8 Å². The number of carbonyl (C=O) groups is 1. The number of aromatic nitrogens is 2. The Labute approximate surface area is 168 Å². The number of aryl methyl sites for hydroxylation is 2. The van der Waals surface area contributed by atoms with Crippen molar-refractivity contribution in [2.75, 3.05) is 6.61 Å². The maximum atomic E-state index is 11.4. The molecule has 0 aliphatic carbocycles. The highest BCUT2D eigenvalue weighted by Gasteiger charge is 2.46. The van der Waals surface area contributed by atoms with Crippen molar-refractivity contribution in [3.63, 3.8) is 0 Å². The number of carbonyl (C=O) groups excluding carboxylic acids is 1. The number of sulfonamides is 2. The van der Waals surface area contributed by atoms with Gasteiger partial charge in [-0.1, -0.05) is 6.58 Å². The smallest absolute Gasteiger partial charge is 0.462 e. The molecule has 0 saturated heterocycles. The molecule has 0 aliphatic heterocycles. The lowest BCUT2D eigenvalue weighted by Gasteiger charge is -2.22. The topological polar surface area (TPSA) is 117 Å². The monoisotopic (exact) mass is 489 g/mol. The van der Waals surface area contributed by atoms with Gasteiger partial charge in [-0.2, -0.15) is 26.3 Å². The standard InChI is InChI=1S/C11H17N2O2.C2F6NO4S2/c1-3-11(14)15-9-5-6-13-8-7-12(4-2)10-13;3-1(4,5)14(10,11)9-15(12,13)2(6,7)8/h3,7-8,10H,1,4-6,9H2,2H3;/q+1;-1. The van der Waals surface area contributed by atoms with E-state index >= 15 is 0 Å². The second-order valence-corrected chi connectivity index (χ2v) is 8.55. The summed E-state index contributed by atoms with van der Waals surface area (Å²) < 4.78 is 118. The molecule has 17 heteroatoms. The number of alkyl halides is 6. The van der Waals surface area contributed by atoms with E-state index in [1.165, 1.54) is 6.08 Å². The molecule has 0 N–H and O–H groups in total. The summed E-state index contributed by atoms with van der Waals surface area (Å²) in [5.74, 6) is -0.355. The Hall–Kier alpha value is -2.14. The molecule has 174 valence electrons. The van der Waals surface area contributed by atoms with Gasteiger partial charge in [0.15, 0.2) is 20.0 Å². The van der Waals surface area contributed by atoms with Gasteiger partial charge in [0.2, 0.25) is 6.33 Å². The van der Waals surface area contributed by atoms with Crippen LogP contribution in [-0.4, -0.2) is 45.0 Å². The normalized spacial score (nSPS) is 12.6. The molecule has 0 amide bonds. The van der Waals surface area contributed by atoms with Gasteiger partial charge in [-0.15, -0.1) is 0 Å². The first kappa shape index (κ1) is 27.9. The van der Waals surface area contributed by atoms with Crippen LogP contribution in [0.4, 0.5) is 26.3 Å². The lowest BCUT2D eigenvalue weighted by Crippen LogP contribution is -2.31. The van der Waals surface area contributed by atoms with Crippen LogP contribution in [0.15, 0.2) is 31.4 Å². The van der Waals surface area contributed by atoms with Crippen LogP contribution in [0.1, 0.15) is 13.3 Å². The van der Waals surface area contributed by atoms with E-state index in [1.54, 1.807) is 0 Å². The number of ether oxygens (including phenoxy) is 1. The largest absolute Gasteiger partial charge is 0.480 e. The summed E-state index contributed by atoms with van der Waals surface area (Å²) in [6.45, 7) is 7.69. The zero-order chi connectivity index (χ0) is 23.8. The lowest BCUT2D eigenvalue weighted by molar-refractivity contribution is -0.697. The molecule has 0 spiro atoms. The molecule has 0 aromatic carbocycles. The van der Waals surface area contributed by atoms with Crippen molar-refractivity contribution in [1.29, 1.82) is 0 Å². The Bertz CT molecular complexity index is 880. The van der Waals surface area contributed by atoms with Crippen molar-refractivity contribution in [2.45, 2.75) is 37.5 Å². The van der Waals surface area contributed by atoms with Gasteiger partial charge in [0, 0.05) is 12.5 Å². The van der Waals surface area contributed by atoms with Gasteiger partial charge >= 0.3 is 17.0 Å². The molecule has 0 bridgehead atoms. The van der Waals surface area contributed by atoms with E-state index < -0.39 is 31.1 Å². The molecule has 0 saturated carbocycles. The molecule has 30 heavy (non-hydrogen) atoms. The van der Waals surface area contributed by atoms with Gasteiger partial charge in [0.25, 0.3) is 0 Å². The first-order chi connectivity index (χ1) is 13.5. The Kier molecular flexibility index (Phi) is 9.99. The third-order valence-corrected chi connectivity index (χ3v) is 5.60. The van der Waals surface area contributed by atoms with Crippen LogP contribution in [0.25, 0.3) is 4.13 Å². The Morgan fingerprint density at radius 3 is 2.00 bits per heavy atom. The highest BCUT2D eigenvalue weighted by Crippen LogP contribution is 2.36. The number of nitrogens with zero attached hydrogens (tertiary/aromatic N) is 3. The fourth-order valence-corrected chi connectivity index (χ4v) is 3.16. The molecule has 1 heterocycles. The van der Waals surface area contributed by atoms with E-state index in [0.29, 0.717) is 6.61 Å². The summed E-state index contributed by atoms with van der Waals surface area (Å²) in [7, 11) is -13.4. The van der Waals surface area contributed by atoms with Crippen LogP contribution in [0.3, 0.4) is 0 Å². The van der Waals surface area contributed by atoms with Gasteiger partial charge in [-0.05, 0) is 6.92 Å². The predicted octanol–water partition coefficient (Wildman–Crippen LogP) is 1.97. The minimum absolute atomic E-state index is 0.355. The van der Waals surface area contributed by atoms with Crippen molar-refractivity contribution in [3.8, 4) is 0 Å². The van der Waals surface area contributed by atoms with Crippen LogP contribution in [0.5, 0.6) is 0 Å². The average molecular weight is 489 g/mol. The van der Waals surface area contributed by atoms with Crippen LogP contribution >= 0.6 is 0 Å². The summed E-state index contributed by atoms with van der Waals surface area (Å²) in [6.07, 6.45) is 8.07. The summed E-state index contributed by atoms with van der Waals surface area (Å²) in [6, 6.07) is 0. The zero-order valence-corrected chi connectivity index (χ0v) is 16.9. The third kappa shape index (κ3) is 9.12. The van der Waals surface area contributed by atoms with Crippen LogP contribution in [0.2, 0.25) is 0 Å². The molecule has 9 nitrogen and oxygen atoms in total.